The summed E-state index contributed by atoms with van der Waals surface area (Å²) < 4.78 is 27.3. The molecule has 1 N–H and O–H groups in total. The van der Waals surface area contributed by atoms with Crippen LogP contribution in [0.5, 0.6) is 0 Å². The second kappa shape index (κ2) is 21.3. The molecule has 0 spiro atoms. The quantitative estimate of drug-likeness (QED) is 0.160. The Morgan fingerprint density at radius 2 is 1.20 bits per heavy atom. The maximum absolute atomic E-state index is 14.0. The summed E-state index contributed by atoms with van der Waals surface area (Å²) in [7, 11) is 0. The van der Waals surface area contributed by atoms with Crippen molar-refractivity contribution in [3.8, 4) is 0 Å². The van der Waals surface area contributed by atoms with Crippen molar-refractivity contribution in [1.29, 1.82) is 0 Å². The molecule has 3 unspecified atom stereocenters. The molecular weight excluding hydrogens is 711 g/mol. The number of rotatable bonds is 13. The minimum Gasteiger partial charge on any atom is -0.459 e. The largest absolute Gasteiger partial charge is 0.459 e. The van der Waals surface area contributed by atoms with Gasteiger partial charge < -0.3 is 24.1 Å². The number of β-amino-alcohol motifs (C(OH)–C–C–N with tert-alkyl or cyclic N) is 1. The predicted molar refractivity (Wildman–Crippen MR) is 214 cm³/mol. The molecule has 0 saturated carbocycles. The lowest BCUT2D eigenvalue weighted by Gasteiger charge is -2.38. The van der Waals surface area contributed by atoms with Gasteiger partial charge >= 0.3 is 17.9 Å². The Morgan fingerprint density at radius 1 is 0.741 bits per heavy atom. The smallest absolute Gasteiger partial charge is 0.323 e. The van der Waals surface area contributed by atoms with Crippen molar-refractivity contribution in [2.45, 2.75) is 143 Å². The predicted octanol–water partition coefficient (Wildman–Crippen LogP) is 4.50. The van der Waals surface area contributed by atoms with E-state index >= 15 is 0 Å². The molecule has 0 amide bonds. The van der Waals surface area contributed by atoms with Crippen molar-refractivity contribution in [1.82, 2.24) is 19.6 Å². The SMILES string of the molecule is CC(C)(C)OC(=O)CN1CCN(CC(=O)OC(C)(C)C)CCN(C(CCC2=CCC(N=S)C=C2)C(=O)OC(C)(C)C)CCN(CC(O)OC(C)(C)C)CC1. The molecule has 0 aromatic carbocycles. The highest BCUT2D eigenvalue weighted by Gasteiger charge is 2.33. The van der Waals surface area contributed by atoms with E-state index in [1.54, 1.807) is 0 Å². The van der Waals surface area contributed by atoms with Crippen LogP contribution in [0.1, 0.15) is 102 Å². The summed E-state index contributed by atoms with van der Waals surface area (Å²) in [6, 6.07) is -0.590. The molecule has 1 aliphatic carbocycles. The summed E-state index contributed by atoms with van der Waals surface area (Å²) in [6.45, 7) is 26.6. The number of aliphatic hydroxyl groups is 1. The molecule has 2 rings (SSSR count). The number of hydrogen-bond acceptors (Lipinski definition) is 14. The van der Waals surface area contributed by atoms with E-state index in [2.05, 4.69) is 20.2 Å². The van der Waals surface area contributed by atoms with E-state index in [1.165, 1.54) is 0 Å². The second-order valence-corrected chi connectivity index (χ2v) is 18.6. The molecule has 14 heteroatoms. The maximum Gasteiger partial charge on any atom is 0.323 e. The van der Waals surface area contributed by atoms with Gasteiger partial charge in [0.05, 0.1) is 24.7 Å². The lowest BCUT2D eigenvalue weighted by atomic mass is 9.97. The molecule has 1 heterocycles. The van der Waals surface area contributed by atoms with Crippen LogP contribution in [0.2, 0.25) is 0 Å². The van der Waals surface area contributed by atoms with Gasteiger partial charge in [0.2, 0.25) is 0 Å². The van der Waals surface area contributed by atoms with Crippen molar-refractivity contribution in [2.24, 2.45) is 4.36 Å². The van der Waals surface area contributed by atoms with Crippen molar-refractivity contribution >= 4 is 30.3 Å². The number of esters is 3. The molecule has 2 aliphatic rings. The summed E-state index contributed by atoms with van der Waals surface area (Å²) in [5.74, 6) is -0.986. The van der Waals surface area contributed by atoms with Gasteiger partial charge in [0.25, 0.3) is 0 Å². The van der Waals surface area contributed by atoms with Crippen LogP contribution in [0.25, 0.3) is 0 Å². The minimum atomic E-state index is -1.05. The highest BCUT2D eigenvalue weighted by molar-refractivity contribution is 7.47. The third-order valence-electron chi connectivity index (χ3n) is 8.44. The first-order valence-corrected chi connectivity index (χ1v) is 19.8. The Morgan fingerprint density at radius 3 is 1.63 bits per heavy atom. The fourth-order valence-electron chi connectivity index (χ4n) is 6.18. The monoisotopic (exact) mass is 782 g/mol. The number of carbonyl (C=O) groups excluding carboxylic acids is 3. The van der Waals surface area contributed by atoms with E-state index in [4.69, 9.17) is 31.4 Å². The lowest BCUT2D eigenvalue weighted by Crippen LogP contribution is -2.53. The number of nitrogens with zero attached hydrogens (tertiary/aromatic N) is 5. The van der Waals surface area contributed by atoms with E-state index in [9.17, 15) is 19.5 Å². The molecule has 1 fully saturated rings. The summed E-state index contributed by atoms with van der Waals surface area (Å²) in [5.41, 5.74) is -1.40. The first kappa shape index (κ1) is 47.8. The van der Waals surface area contributed by atoms with Gasteiger partial charge in [0, 0.05) is 71.3 Å². The van der Waals surface area contributed by atoms with E-state index < -0.39 is 34.7 Å². The average Bonchev–Trinajstić information content (AvgIpc) is 2.98. The van der Waals surface area contributed by atoms with Gasteiger partial charge in [0.1, 0.15) is 22.8 Å². The van der Waals surface area contributed by atoms with Crippen LogP contribution < -0.4 is 0 Å². The number of hydrogen-bond donors (Lipinski definition) is 1. The zero-order valence-corrected chi connectivity index (χ0v) is 36.1. The molecule has 13 nitrogen and oxygen atoms in total. The average molecular weight is 782 g/mol. The summed E-state index contributed by atoms with van der Waals surface area (Å²) in [5, 5.41) is 11.0. The Kier molecular flexibility index (Phi) is 18.8. The van der Waals surface area contributed by atoms with Crippen molar-refractivity contribution in [3.05, 3.63) is 23.8 Å². The first-order chi connectivity index (χ1) is 24.8. The summed E-state index contributed by atoms with van der Waals surface area (Å²) >= 11 is 4.91. The normalized spacial score (nSPS) is 20.9. The highest BCUT2D eigenvalue weighted by atomic mass is 32.1. The maximum atomic E-state index is 14.0. The molecule has 0 aromatic rings. The number of allylic oxidation sites excluding steroid dienone is 2. The van der Waals surface area contributed by atoms with Gasteiger partial charge in [-0.1, -0.05) is 23.8 Å². The van der Waals surface area contributed by atoms with Crippen molar-refractivity contribution < 1.29 is 38.4 Å². The Labute approximate surface area is 330 Å². The Balaban J connectivity index is 2.49. The van der Waals surface area contributed by atoms with E-state index in [1.807, 2.05) is 105 Å². The van der Waals surface area contributed by atoms with Gasteiger partial charge in [-0.2, -0.15) is 0 Å². The van der Waals surface area contributed by atoms with Crippen molar-refractivity contribution in [2.75, 3.05) is 72.0 Å². The first-order valence-electron chi connectivity index (χ1n) is 19.4. The van der Waals surface area contributed by atoms with Crippen molar-refractivity contribution in [3.63, 3.8) is 0 Å². The third kappa shape index (κ3) is 21.1. The number of carbonyl (C=O) groups is 3. The van der Waals surface area contributed by atoms with Gasteiger partial charge in [-0.05, 0) is 102 Å². The van der Waals surface area contributed by atoms with Gasteiger partial charge in [-0.25, -0.2) is 4.36 Å². The third-order valence-corrected chi connectivity index (χ3v) is 8.71. The van der Waals surface area contributed by atoms with Gasteiger partial charge in [-0.3, -0.25) is 34.0 Å². The fraction of sp³-hybridized carbons (Fsp3) is 0.825. The van der Waals surface area contributed by atoms with Gasteiger partial charge in [-0.15, -0.1) is 0 Å². The lowest BCUT2D eigenvalue weighted by molar-refractivity contribution is -0.175. The van der Waals surface area contributed by atoms with E-state index in [0.29, 0.717) is 65.2 Å². The molecule has 0 radical (unpaired) electrons. The zero-order chi connectivity index (χ0) is 40.9. The summed E-state index contributed by atoms with van der Waals surface area (Å²) in [4.78, 5) is 48.5. The van der Waals surface area contributed by atoms with E-state index in [-0.39, 0.29) is 43.6 Å². The zero-order valence-electron chi connectivity index (χ0n) is 35.3. The Bertz CT molecular complexity index is 1280. The minimum absolute atomic E-state index is 0.0138. The number of aliphatic hydroxyl groups excluding tert-OH is 1. The van der Waals surface area contributed by atoms with Crippen LogP contribution in [-0.4, -0.2) is 155 Å². The topological polar surface area (TPSA) is 134 Å². The molecule has 1 saturated heterocycles. The fourth-order valence-corrected chi connectivity index (χ4v) is 6.34. The second-order valence-electron chi connectivity index (χ2n) is 18.4. The molecule has 310 valence electrons. The highest BCUT2D eigenvalue weighted by Crippen LogP contribution is 2.23. The van der Waals surface area contributed by atoms with E-state index in [0.717, 1.165) is 12.0 Å². The molecule has 54 heavy (non-hydrogen) atoms. The van der Waals surface area contributed by atoms with Crippen LogP contribution in [0.4, 0.5) is 0 Å². The van der Waals surface area contributed by atoms with Gasteiger partial charge in [0.15, 0.2) is 6.29 Å². The molecular formula is C40H71N5O8S. The molecule has 1 aliphatic heterocycles. The van der Waals surface area contributed by atoms with Crippen LogP contribution in [0.3, 0.4) is 0 Å². The standard InChI is InChI=1S/C40H71N5O8S/c1-37(2,3)50-33(46)27-42-19-21-43(28-34(47)51-38(4,5)6)23-25-45(26-24-44(22-20-42)29-35(48)52-39(7,8)9)32(36(49)53-40(10,11)12)18-15-30-13-16-31(41-54)17-14-30/h13-14,16,31-32,34,47H,15,17-29H2,1-12H3. The summed E-state index contributed by atoms with van der Waals surface area (Å²) in [6.07, 6.45) is 7.03. The molecule has 0 bridgehead atoms. The van der Waals surface area contributed by atoms with Crippen LogP contribution >= 0.6 is 0 Å². The van der Waals surface area contributed by atoms with Crippen LogP contribution in [0, 0.1) is 0 Å². The van der Waals surface area contributed by atoms with Crippen LogP contribution in [0.15, 0.2) is 28.2 Å². The van der Waals surface area contributed by atoms with Crippen LogP contribution in [-0.2, 0) is 45.8 Å². The Hall–Kier alpha value is -2.33. The molecule has 3 atom stereocenters. The molecule has 0 aromatic heterocycles. The number of ether oxygens (including phenoxy) is 4.